The number of hydrogen-bond donors (Lipinski definition) is 2. The molecule has 2 amide bonds. The molecule has 2 N–H and O–H groups in total. The molecule has 116 valence electrons. The van der Waals surface area contributed by atoms with E-state index in [1.165, 1.54) is 0 Å². The lowest BCUT2D eigenvalue weighted by Crippen LogP contribution is -2.36. The second kappa shape index (κ2) is 6.61. The van der Waals surface area contributed by atoms with Crippen molar-refractivity contribution < 1.29 is 4.79 Å². The molecule has 0 aromatic heterocycles. The molecule has 21 heavy (non-hydrogen) atoms. The first-order chi connectivity index (χ1) is 9.58. The summed E-state index contributed by atoms with van der Waals surface area (Å²) in [6, 6.07) is 4.99. The average Bonchev–Trinajstić information content (AvgIpc) is 3.04. The third kappa shape index (κ3) is 3.57. The quantitative estimate of drug-likeness (QED) is 0.812. The molecule has 0 radical (unpaired) electrons. The molecular weight excluding hydrogens is 333 g/mol. The summed E-state index contributed by atoms with van der Waals surface area (Å²) >= 11 is 11.9. The van der Waals surface area contributed by atoms with Crippen molar-refractivity contribution in [1.29, 1.82) is 0 Å². The van der Waals surface area contributed by atoms with Crippen LogP contribution < -0.4 is 10.6 Å². The standard InChI is InChI=1S/C14H17Cl2N3O.ClH/c15-10-1-2-12(11(16)7-10)18-13(20)19-6-4-14(9-19)3-5-17-8-14;/h1-2,7,17H,3-6,8-9H2,(H,18,20);1H. The highest BCUT2D eigenvalue weighted by Crippen LogP contribution is 2.36. The number of amides is 2. The molecule has 1 spiro atoms. The maximum absolute atomic E-state index is 12.3. The van der Waals surface area contributed by atoms with Crippen molar-refractivity contribution in [3.05, 3.63) is 28.2 Å². The van der Waals surface area contributed by atoms with E-state index in [9.17, 15) is 4.79 Å². The van der Waals surface area contributed by atoms with Gasteiger partial charge in [-0.25, -0.2) is 4.79 Å². The molecule has 1 unspecified atom stereocenters. The van der Waals surface area contributed by atoms with E-state index in [0.717, 1.165) is 39.0 Å². The fourth-order valence-electron chi connectivity index (χ4n) is 3.04. The number of rotatable bonds is 1. The van der Waals surface area contributed by atoms with Crippen LogP contribution in [0.3, 0.4) is 0 Å². The number of anilines is 1. The van der Waals surface area contributed by atoms with Crippen LogP contribution in [0.5, 0.6) is 0 Å². The Hall–Kier alpha value is -0.680. The number of carbonyl (C=O) groups is 1. The first-order valence-electron chi connectivity index (χ1n) is 6.80. The van der Waals surface area contributed by atoms with Crippen LogP contribution in [0.15, 0.2) is 18.2 Å². The number of nitrogens with zero attached hydrogens (tertiary/aromatic N) is 1. The van der Waals surface area contributed by atoms with Crippen molar-refractivity contribution >= 4 is 47.3 Å². The predicted octanol–water partition coefficient (Wildman–Crippen LogP) is 3.63. The summed E-state index contributed by atoms with van der Waals surface area (Å²) in [5, 5.41) is 7.27. The molecule has 0 saturated carbocycles. The summed E-state index contributed by atoms with van der Waals surface area (Å²) < 4.78 is 0. The number of halogens is 3. The fraction of sp³-hybridized carbons (Fsp3) is 0.500. The van der Waals surface area contributed by atoms with Crippen LogP contribution in [-0.2, 0) is 0 Å². The lowest BCUT2D eigenvalue weighted by Gasteiger charge is -2.23. The minimum absolute atomic E-state index is 0. The fourth-order valence-corrected chi connectivity index (χ4v) is 3.49. The second-order valence-electron chi connectivity index (χ2n) is 5.65. The zero-order valence-corrected chi connectivity index (χ0v) is 13.8. The van der Waals surface area contributed by atoms with Gasteiger partial charge in [-0.1, -0.05) is 23.2 Å². The highest BCUT2D eigenvalue weighted by molar-refractivity contribution is 6.36. The summed E-state index contributed by atoms with van der Waals surface area (Å²) in [6.07, 6.45) is 2.22. The Bertz CT molecular complexity index is 532. The third-order valence-corrected chi connectivity index (χ3v) is 4.78. The Balaban J connectivity index is 0.00000161. The molecule has 2 heterocycles. The van der Waals surface area contributed by atoms with E-state index in [-0.39, 0.29) is 23.9 Å². The summed E-state index contributed by atoms with van der Waals surface area (Å²) in [5.74, 6) is 0. The van der Waals surface area contributed by atoms with Crippen LogP contribution in [0.1, 0.15) is 12.8 Å². The zero-order chi connectivity index (χ0) is 14.2. The Labute approximate surface area is 140 Å². The Morgan fingerprint density at radius 3 is 2.81 bits per heavy atom. The maximum atomic E-state index is 12.3. The number of carbonyl (C=O) groups excluding carboxylic acids is 1. The number of hydrogen-bond acceptors (Lipinski definition) is 2. The Kier molecular flexibility index (Phi) is 5.25. The smallest absolute Gasteiger partial charge is 0.321 e. The SMILES string of the molecule is Cl.O=C(Nc1ccc(Cl)cc1Cl)N1CCC2(CCNC2)C1. The molecular formula is C14H18Cl3N3O. The van der Waals surface area contributed by atoms with Gasteiger partial charge in [-0.15, -0.1) is 12.4 Å². The van der Waals surface area contributed by atoms with Crippen LogP contribution in [0.25, 0.3) is 0 Å². The second-order valence-corrected chi connectivity index (χ2v) is 6.50. The van der Waals surface area contributed by atoms with E-state index in [1.807, 2.05) is 4.90 Å². The van der Waals surface area contributed by atoms with Gasteiger partial charge in [0.2, 0.25) is 0 Å². The van der Waals surface area contributed by atoms with E-state index in [0.29, 0.717) is 15.7 Å². The van der Waals surface area contributed by atoms with Crippen LogP contribution in [0.2, 0.25) is 10.0 Å². The van der Waals surface area contributed by atoms with Crippen LogP contribution in [0.4, 0.5) is 10.5 Å². The van der Waals surface area contributed by atoms with Gasteiger partial charge in [0.15, 0.2) is 0 Å². The number of likely N-dealkylation sites (tertiary alicyclic amines) is 1. The summed E-state index contributed by atoms with van der Waals surface area (Å²) in [4.78, 5) is 14.2. The van der Waals surface area contributed by atoms with Gasteiger partial charge in [0, 0.05) is 30.1 Å². The molecule has 1 aromatic rings. The molecule has 2 aliphatic heterocycles. The molecule has 1 atom stereocenters. The summed E-state index contributed by atoms with van der Waals surface area (Å²) in [7, 11) is 0. The molecule has 2 aliphatic rings. The van der Waals surface area contributed by atoms with Gasteiger partial charge >= 0.3 is 6.03 Å². The molecule has 4 nitrogen and oxygen atoms in total. The number of benzene rings is 1. The average molecular weight is 351 g/mol. The van der Waals surface area contributed by atoms with E-state index < -0.39 is 0 Å². The Morgan fingerprint density at radius 2 is 2.14 bits per heavy atom. The van der Waals surface area contributed by atoms with Crippen LogP contribution >= 0.6 is 35.6 Å². The van der Waals surface area contributed by atoms with Crippen molar-refractivity contribution in [3.63, 3.8) is 0 Å². The third-order valence-electron chi connectivity index (χ3n) is 4.23. The molecule has 7 heteroatoms. The van der Waals surface area contributed by atoms with Gasteiger partial charge < -0.3 is 15.5 Å². The van der Waals surface area contributed by atoms with Gasteiger partial charge in [-0.05, 0) is 37.6 Å². The van der Waals surface area contributed by atoms with Gasteiger partial charge in [0.1, 0.15) is 0 Å². The van der Waals surface area contributed by atoms with E-state index in [4.69, 9.17) is 23.2 Å². The van der Waals surface area contributed by atoms with Gasteiger partial charge in [-0.2, -0.15) is 0 Å². The number of urea groups is 1. The minimum Gasteiger partial charge on any atom is -0.324 e. The molecule has 0 bridgehead atoms. The van der Waals surface area contributed by atoms with Crippen molar-refractivity contribution in [2.24, 2.45) is 5.41 Å². The normalized spacial score (nSPS) is 24.2. The first kappa shape index (κ1) is 16.7. The van der Waals surface area contributed by atoms with E-state index in [2.05, 4.69) is 10.6 Å². The summed E-state index contributed by atoms with van der Waals surface area (Å²) in [6.45, 7) is 3.69. The van der Waals surface area contributed by atoms with Gasteiger partial charge in [-0.3, -0.25) is 0 Å². The van der Waals surface area contributed by atoms with Crippen molar-refractivity contribution in [2.75, 3.05) is 31.5 Å². The van der Waals surface area contributed by atoms with E-state index in [1.54, 1.807) is 18.2 Å². The Morgan fingerprint density at radius 1 is 1.33 bits per heavy atom. The molecule has 2 fully saturated rings. The van der Waals surface area contributed by atoms with Gasteiger partial charge in [0.25, 0.3) is 0 Å². The topological polar surface area (TPSA) is 44.4 Å². The molecule has 2 saturated heterocycles. The van der Waals surface area contributed by atoms with Crippen molar-refractivity contribution in [3.8, 4) is 0 Å². The van der Waals surface area contributed by atoms with Gasteiger partial charge in [0.05, 0.1) is 10.7 Å². The molecule has 3 rings (SSSR count). The predicted molar refractivity (Wildman–Crippen MR) is 88.8 cm³/mol. The lowest BCUT2D eigenvalue weighted by atomic mass is 9.87. The minimum atomic E-state index is -0.0852. The first-order valence-corrected chi connectivity index (χ1v) is 7.55. The lowest BCUT2D eigenvalue weighted by molar-refractivity contribution is 0.215. The number of nitrogens with one attached hydrogen (secondary N) is 2. The van der Waals surface area contributed by atoms with Crippen LogP contribution in [-0.4, -0.2) is 37.1 Å². The monoisotopic (exact) mass is 349 g/mol. The highest BCUT2D eigenvalue weighted by Gasteiger charge is 2.41. The van der Waals surface area contributed by atoms with Crippen molar-refractivity contribution in [1.82, 2.24) is 10.2 Å². The van der Waals surface area contributed by atoms with E-state index >= 15 is 0 Å². The largest absolute Gasteiger partial charge is 0.324 e. The molecule has 0 aliphatic carbocycles. The highest BCUT2D eigenvalue weighted by atomic mass is 35.5. The van der Waals surface area contributed by atoms with Crippen molar-refractivity contribution in [2.45, 2.75) is 12.8 Å². The zero-order valence-electron chi connectivity index (χ0n) is 11.5. The summed E-state index contributed by atoms with van der Waals surface area (Å²) in [5.41, 5.74) is 0.882. The van der Waals surface area contributed by atoms with Crippen LogP contribution in [0, 0.1) is 5.41 Å². The molecule has 1 aromatic carbocycles. The maximum Gasteiger partial charge on any atom is 0.321 e.